The molecule has 1 N–H and O–H groups in total. The van der Waals surface area contributed by atoms with Gasteiger partial charge in [0.15, 0.2) is 0 Å². The van der Waals surface area contributed by atoms with Gasteiger partial charge in [0.25, 0.3) is 0 Å². The van der Waals surface area contributed by atoms with Gasteiger partial charge in [-0.2, -0.15) is 0 Å². The first-order valence-electron chi connectivity index (χ1n) is 8.28. The van der Waals surface area contributed by atoms with Gasteiger partial charge in [0.1, 0.15) is 0 Å². The van der Waals surface area contributed by atoms with Crippen LogP contribution in [0.1, 0.15) is 25.0 Å². The van der Waals surface area contributed by atoms with E-state index in [1.165, 1.54) is 0 Å². The van der Waals surface area contributed by atoms with Crippen molar-refractivity contribution in [1.82, 2.24) is 20.1 Å². The highest BCUT2D eigenvalue weighted by molar-refractivity contribution is 5.89. The molecule has 2 fully saturated rings. The molecule has 2 amide bonds. The molecule has 2 saturated heterocycles. The van der Waals surface area contributed by atoms with Crippen LogP contribution in [0.4, 0.5) is 0 Å². The zero-order valence-corrected chi connectivity index (χ0v) is 13.6. The summed E-state index contributed by atoms with van der Waals surface area (Å²) >= 11 is 0. The van der Waals surface area contributed by atoms with Crippen LogP contribution in [0.5, 0.6) is 0 Å². The van der Waals surface area contributed by atoms with Gasteiger partial charge in [-0.3, -0.25) is 19.5 Å². The number of nitrogens with one attached hydrogen (secondary N) is 1. The van der Waals surface area contributed by atoms with Crippen LogP contribution in [0.15, 0.2) is 24.4 Å². The van der Waals surface area contributed by atoms with Crippen molar-refractivity contribution in [2.75, 3.05) is 26.7 Å². The molecule has 0 aromatic carbocycles. The zero-order chi connectivity index (χ0) is 16.2. The fraction of sp³-hybridized carbons (Fsp3) is 0.588. The Hall–Kier alpha value is -1.95. The molecule has 2 aliphatic rings. The van der Waals surface area contributed by atoms with Crippen molar-refractivity contribution in [3.05, 3.63) is 30.1 Å². The Labute approximate surface area is 136 Å². The molecule has 0 bridgehead atoms. The highest BCUT2D eigenvalue weighted by Crippen LogP contribution is 2.18. The summed E-state index contributed by atoms with van der Waals surface area (Å²) in [6.07, 6.45) is 4.08. The van der Waals surface area contributed by atoms with Crippen molar-refractivity contribution in [2.45, 2.75) is 31.8 Å². The van der Waals surface area contributed by atoms with Crippen LogP contribution < -0.4 is 5.32 Å². The molecular weight excluding hydrogens is 292 g/mol. The predicted molar refractivity (Wildman–Crippen MR) is 86.4 cm³/mol. The topological polar surface area (TPSA) is 65.5 Å². The zero-order valence-electron chi connectivity index (χ0n) is 13.6. The molecule has 1 aromatic heterocycles. The number of hydrogen-bond acceptors (Lipinski definition) is 4. The molecule has 2 aliphatic heterocycles. The molecule has 0 radical (unpaired) electrons. The number of carbonyl (C=O) groups is 2. The molecule has 0 aliphatic carbocycles. The van der Waals surface area contributed by atoms with Gasteiger partial charge in [-0.05, 0) is 25.0 Å². The maximum Gasteiger partial charge on any atom is 0.225 e. The van der Waals surface area contributed by atoms with Crippen LogP contribution in [-0.4, -0.2) is 59.3 Å². The summed E-state index contributed by atoms with van der Waals surface area (Å²) in [7, 11) is 1.76. The van der Waals surface area contributed by atoms with Gasteiger partial charge in [0, 0.05) is 51.9 Å². The molecule has 23 heavy (non-hydrogen) atoms. The van der Waals surface area contributed by atoms with Crippen molar-refractivity contribution in [1.29, 1.82) is 0 Å². The molecule has 3 heterocycles. The Morgan fingerprint density at radius 2 is 2.13 bits per heavy atom. The van der Waals surface area contributed by atoms with E-state index >= 15 is 0 Å². The highest BCUT2D eigenvalue weighted by Gasteiger charge is 2.33. The van der Waals surface area contributed by atoms with E-state index < -0.39 is 0 Å². The lowest BCUT2D eigenvalue weighted by Gasteiger charge is -2.32. The normalized spacial score (nSPS) is 23.3. The second-order valence-electron chi connectivity index (χ2n) is 6.56. The van der Waals surface area contributed by atoms with Gasteiger partial charge >= 0.3 is 0 Å². The van der Waals surface area contributed by atoms with E-state index in [1.54, 1.807) is 11.9 Å². The summed E-state index contributed by atoms with van der Waals surface area (Å²) in [6.45, 7) is 3.34. The maximum absolute atomic E-state index is 12.3. The average molecular weight is 316 g/mol. The third-order valence-electron chi connectivity index (χ3n) is 4.76. The first-order chi connectivity index (χ1) is 11.1. The molecule has 1 aromatic rings. The van der Waals surface area contributed by atoms with Crippen molar-refractivity contribution in [3.8, 4) is 0 Å². The van der Waals surface area contributed by atoms with Gasteiger partial charge in [-0.15, -0.1) is 0 Å². The molecule has 1 atom stereocenters. The molecule has 0 spiro atoms. The number of rotatable bonds is 4. The Morgan fingerprint density at radius 1 is 1.35 bits per heavy atom. The van der Waals surface area contributed by atoms with Crippen LogP contribution in [-0.2, 0) is 16.1 Å². The van der Waals surface area contributed by atoms with Gasteiger partial charge in [0.2, 0.25) is 11.8 Å². The molecule has 3 rings (SSSR count). The fourth-order valence-corrected chi connectivity index (χ4v) is 3.31. The quantitative estimate of drug-likeness (QED) is 0.885. The summed E-state index contributed by atoms with van der Waals surface area (Å²) in [5, 5.41) is 3.13. The number of pyridine rings is 1. The fourth-order valence-electron chi connectivity index (χ4n) is 3.31. The van der Waals surface area contributed by atoms with E-state index in [4.69, 9.17) is 0 Å². The van der Waals surface area contributed by atoms with Crippen molar-refractivity contribution in [3.63, 3.8) is 0 Å². The summed E-state index contributed by atoms with van der Waals surface area (Å²) in [5.41, 5.74) is 1.09. The van der Waals surface area contributed by atoms with E-state index in [2.05, 4.69) is 15.2 Å². The number of likely N-dealkylation sites (tertiary alicyclic amines) is 2. The van der Waals surface area contributed by atoms with E-state index in [9.17, 15) is 9.59 Å². The molecule has 6 heteroatoms. The first kappa shape index (κ1) is 15.9. The SMILES string of the molecule is CN1C[C@H](C(=O)NC2CCN(Cc3ccccn3)CC2)CC1=O. The Balaban J connectivity index is 1.42. The minimum absolute atomic E-state index is 0.0332. The number of amides is 2. The monoisotopic (exact) mass is 316 g/mol. The number of hydrogen-bond donors (Lipinski definition) is 1. The van der Waals surface area contributed by atoms with E-state index in [0.717, 1.165) is 38.2 Å². The Kier molecular flexibility index (Phi) is 4.91. The molecule has 0 saturated carbocycles. The van der Waals surface area contributed by atoms with Gasteiger partial charge in [-0.1, -0.05) is 6.07 Å². The van der Waals surface area contributed by atoms with E-state index in [0.29, 0.717) is 13.0 Å². The van der Waals surface area contributed by atoms with Crippen LogP contribution >= 0.6 is 0 Å². The van der Waals surface area contributed by atoms with Crippen LogP contribution in [0.3, 0.4) is 0 Å². The number of aromatic nitrogens is 1. The third kappa shape index (κ3) is 4.07. The Bertz CT molecular complexity index is 555. The predicted octanol–water partition coefficient (Wildman–Crippen LogP) is 0.641. The van der Waals surface area contributed by atoms with E-state index in [1.807, 2.05) is 24.4 Å². The van der Waals surface area contributed by atoms with Crippen LogP contribution in [0.25, 0.3) is 0 Å². The first-order valence-corrected chi connectivity index (χ1v) is 8.28. The number of carbonyl (C=O) groups excluding carboxylic acids is 2. The molecular formula is C17H24N4O2. The van der Waals surface area contributed by atoms with Crippen LogP contribution in [0.2, 0.25) is 0 Å². The van der Waals surface area contributed by atoms with Crippen LogP contribution in [0, 0.1) is 5.92 Å². The maximum atomic E-state index is 12.3. The van der Waals surface area contributed by atoms with Gasteiger partial charge in [0.05, 0.1) is 11.6 Å². The lowest BCUT2D eigenvalue weighted by atomic mass is 10.0. The third-order valence-corrected chi connectivity index (χ3v) is 4.76. The smallest absolute Gasteiger partial charge is 0.225 e. The molecule has 124 valence electrons. The average Bonchev–Trinajstić information content (AvgIpc) is 2.90. The Morgan fingerprint density at radius 3 is 2.74 bits per heavy atom. The van der Waals surface area contributed by atoms with Crippen molar-refractivity contribution in [2.24, 2.45) is 5.92 Å². The standard InChI is InChI=1S/C17H24N4O2/c1-20-11-13(10-16(20)22)17(23)19-14-5-8-21(9-6-14)12-15-4-2-3-7-18-15/h2-4,7,13-14H,5-6,8-12H2,1H3,(H,19,23)/t13-/m1/s1. The van der Waals surface area contributed by atoms with E-state index in [-0.39, 0.29) is 23.8 Å². The van der Waals surface area contributed by atoms with Crippen molar-refractivity contribution >= 4 is 11.8 Å². The molecule has 6 nitrogen and oxygen atoms in total. The van der Waals surface area contributed by atoms with Crippen molar-refractivity contribution < 1.29 is 9.59 Å². The number of nitrogens with zero attached hydrogens (tertiary/aromatic N) is 3. The highest BCUT2D eigenvalue weighted by atomic mass is 16.2. The lowest BCUT2D eigenvalue weighted by Crippen LogP contribution is -2.46. The largest absolute Gasteiger partial charge is 0.353 e. The summed E-state index contributed by atoms with van der Waals surface area (Å²) < 4.78 is 0. The summed E-state index contributed by atoms with van der Waals surface area (Å²) in [5.74, 6) is -0.0831. The minimum atomic E-state index is -0.181. The minimum Gasteiger partial charge on any atom is -0.353 e. The lowest BCUT2D eigenvalue weighted by molar-refractivity contribution is -0.128. The second kappa shape index (κ2) is 7.08. The second-order valence-corrected chi connectivity index (χ2v) is 6.56. The summed E-state index contributed by atoms with van der Waals surface area (Å²) in [6, 6.07) is 6.20. The summed E-state index contributed by atoms with van der Waals surface area (Å²) in [4.78, 5) is 32.2. The van der Waals surface area contributed by atoms with Gasteiger partial charge < -0.3 is 10.2 Å². The molecule has 0 unspecified atom stereocenters. The number of piperidine rings is 1. The van der Waals surface area contributed by atoms with Gasteiger partial charge in [-0.25, -0.2) is 0 Å².